The number of nitriles is 1. The number of ether oxygens (including phenoxy) is 1. The number of ketones is 1. The third-order valence-electron chi connectivity index (χ3n) is 3.01. The Morgan fingerprint density at radius 2 is 2.10 bits per heavy atom. The van der Waals surface area contributed by atoms with Crippen molar-refractivity contribution in [2.75, 3.05) is 7.11 Å². The molecule has 0 fully saturated rings. The summed E-state index contributed by atoms with van der Waals surface area (Å²) in [5.74, 6) is -1.91. The molecule has 1 unspecified atom stereocenters. The monoisotopic (exact) mass is 347 g/mol. The highest BCUT2D eigenvalue weighted by Crippen LogP contribution is 2.26. The molecule has 0 aliphatic carbocycles. The normalized spacial score (nSPS) is 11.5. The SMILES string of the molecule is COc1cc(C(=O)C(C#N)c2cccc(Br)c2)ccc1F. The molecule has 0 amide bonds. The topological polar surface area (TPSA) is 50.1 Å². The number of hydrogen-bond donors (Lipinski definition) is 0. The van der Waals surface area contributed by atoms with E-state index in [-0.39, 0.29) is 11.3 Å². The van der Waals surface area contributed by atoms with E-state index in [2.05, 4.69) is 15.9 Å². The number of nitrogens with zero attached hydrogens (tertiary/aromatic N) is 1. The van der Waals surface area contributed by atoms with E-state index in [0.717, 1.165) is 10.5 Å². The van der Waals surface area contributed by atoms with E-state index >= 15 is 0 Å². The van der Waals surface area contributed by atoms with Crippen LogP contribution in [0.2, 0.25) is 0 Å². The van der Waals surface area contributed by atoms with Gasteiger partial charge in [-0.25, -0.2) is 4.39 Å². The minimum atomic E-state index is -0.947. The summed E-state index contributed by atoms with van der Waals surface area (Å²) < 4.78 is 19.0. The van der Waals surface area contributed by atoms with Crippen LogP contribution in [-0.2, 0) is 0 Å². The Morgan fingerprint density at radius 3 is 2.71 bits per heavy atom. The van der Waals surface area contributed by atoms with Gasteiger partial charge in [0, 0.05) is 10.0 Å². The molecule has 1 atom stereocenters. The Labute approximate surface area is 130 Å². The first kappa shape index (κ1) is 15.2. The van der Waals surface area contributed by atoms with Gasteiger partial charge in [-0.05, 0) is 35.9 Å². The lowest BCUT2D eigenvalue weighted by atomic mass is 9.92. The second-order valence-electron chi connectivity index (χ2n) is 4.33. The first-order valence-corrected chi connectivity index (χ1v) is 6.89. The molecular weight excluding hydrogens is 337 g/mol. The van der Waals surface area contributed by atoms with Crippen molar-refractivity contribution >= 4 is 21.7 Å². The van der Waals surface area contributed by atoms with E-state index in [9.17, 15) is 14.4 Å². The van der Waals surface area contributed by atoms with Crippen molar-refractivity contribution in [2.24, 2.45) is 0 Å². The molecule has 0 spiro atoms. The van der Waals surface area contributed by atoms with Crippen molar-refractivity contribution in [1.82, 2.24) is 0 Å². The van der Waals surface area contributed by atoms with Crippen molar-refractivity contribution in [2.45, 2.75) is 5.92 Å². The van der Waals surface area contributed by atoms with E-state index in [0.29, 0.717) is 5.56 Å². The second kappa shape index (κ2) is 6.51. The van der Waals surface area contributed by atoms with Gasteiger partial charge in [-0.2, -0.15) is 5.26 Å². The van der Waals surface area contributed by atoms with Crippen LogP contribution in [0.1, 0.15) is 21.8 Å². The summed E-state index contributed by atoms with van der Waals surface area (Å²) in [6.07, 6.45) is 0. The van der Waals surface area contributed by atoms with E-state index < -0.39 is 17.5 Å². The Balaban J connectivity index is 2.40. The van der Waals surface area contributed by atoms with Crippen molar-refractivity contribution in [3.8, 4) is 11.8 Å². The van der Waals surface area contributed by atoms with Crippen LogP contribution in [0.5, 0.6) is 5.75 Å². The number of methoxy groups -OCH3 is 1. The predicted molar refractivity (Wildman–Crippen MR) is 79.8 cm³/mol. The van der Waals surface area contributed by atoms with Gasteiger partial charge >= 0.3 is 0 Å². The summed E-state index contributed by atoms with van der Waals surface area (Å²) in [5.41, 5.74) is 0.819. The highest BCUT2D eigenvalue weighted by Gasteiger charge is 2.23. The molecule has 2 aromatic rings. The zero-order valence-corrected chi connectivity index (χ0v) is 12.7. The van der Waals surface area contributed by atoms with Crippen LogP contribution in [0.15, 0.2) is 46.9 Å². The first-order valence-electron chi connectivity index (χ1n) is 6.09. The van der Waals surface area contributed by atoms with E-state index in [1.807, 2.05) is 12.1 Å². The average molecular weight is 348 g/mol. The molecule has 0 N–H and O–H groups in total. The summed E-state index contributed by atoms with van der Waals surface area (Å²) in [5, 5.41) is 9.29. The molecule has 0 saturated heterocycles. The quantitative estimate of drug-likeness (QED) is 0.782. The van der Waals surface area contributed by atoms with Gasteiger partial charge in [0.2, 0.25) is 0 Å². The maximum Gasteiger partial charge on any atom is 0.184 e. The van der Waals surface area contributed by atoms with Crippen LogP contribution >= 0.6 is 15.9 Å². The van der Waals surface area contributed by atoms with Crippen molar-refractivity contribution in [3.05, 3.63) is 63.9 Å². The van der Waals surface area contributed by atoms with E-state index in [1.165, 1.54) is 19.2 Å². The predicted octanol–water partition coefficient (Wildman–Crippen LogP) is 4.09. The maximum atomic E-state index is 13.4. The molecule has 2 aromatic carbocycles. The fourth-order valence-electron chi connectivity index (χ4n) is 1.95. The van der Waals surface area contributed by atoms with Gasteiger partial charge in [-0.15, -0.1) is 0 Å². The number of carbonyl (C=O) groups excluding carboxylic acids is 1. The largest absolute Gasteiger partial charge is 0.494 e. The van der Waals surface area contributed by atoms with Crippen molar-refractivity contribution in [3.63, 3.8) is 0 Å². The molecule has 21 heavy (non-hydrogen) atoms. The Hall–Kier alpha value is -2.19. The summed E-state index contributed by atoms with van der Waals surface area (Å²) in [4.78, 5) is 12.5. The van der Waals surface area contributed by atoms with Gasteiger partial charge in [0.15, 0.2) is 17.3 Å². The Morgan fingerprint density at radius 1 is 1.33 bits per heavy atom. The van der Waals surface area contributed by atoms with Gasteiger partial charge in [0.05, 0.1) is 13.2 Å². The molecule has 0 aliphatic heterocycles. The number of Topliss-reactive ketones (excluding diaryl/α,β-unsaturated/α-hetero) is 1. The lowest BCUT2D eigenvalue weighted by Crippen LogP contribution is -2.11. The summed E-state index contributed by atoms with van der Waals surface area (Å²) in [6, 6.07) is 12.8. The fourth-order valence-corrected chi connectivity index (χ4v) is 2.37. The average Bonchev–Trinajstić information content (AvgIpc) is 2.48. The number of hydrogen-bond acceptors (Lipinski definition) is 3. The van der Waals surface area contributed by atoms with E-state index in [4.69, 9.17) is 4.74 Å². The molecule has 3 nitrogen and oxygen atoms in total. The third-order valence-corrected chi connectivity index (χ3v) is 3.50. The van der Waals surface area contributed by atoms with Gasteiger partial charge in [-0.3, -0.25) is 4.79 Å². The smallest absolute Gasteiger partial charge is 0.184 e. The standard InChI is InChI=1S/C16H11BrFNO2/c1-21-15-8-11(5-6-14(15)18)16(20)13(9-19)10-3-2-4-12(17)7-10/h2-8,13H,1H3. The van der Waals surface area contributed by atoms with Gasteiger partial charge in [0.1, 0.15) is 5.92 Å². The lowest BCUT2D eigenvalue weighted by molar-refractivity contribution is 0.0978. The zero-order chi connectivity index (χ0) is 15.4. The van der Waals surface area contributed by atoms with Gasteiger partial charge < -0.3 is 4.74 Å². The number of benzene rings is 2. The second-order valence-corrected chi connectivity index (χ2v) is 5.25. The molecule has 0 aliphatic rings. The summed E-state index contributed by atoms with van der Waals surface area (Å²) in [7, 11) is 1.32. The minimum Gasteiger partial charge on any atom is -0.494 e. The number of halogens is 2. The highest BCUT2D eigenvalue weighted by atomic mass is 79.9. The van der Waals surface area contributed by atoms with Crippen molar-refractivity contribution < 1.29 is 13.9 Å². The van der Waals surface area contributed by atoms with Gasteiger partial charge in [-0.1, -0.05) is 28.1 Å². The molecule has 2 rings (SSSR count). The van der Waals surface area contributed by atoms with E-state index in [1.54, 1.807) is 18.2 Å². The Bertz CT molecular complexity index is 724. The van der Waals surface area contributed by atoms with Crippen LogP contribution in [0.4, 0.5) is 4.39 Å². The van der Waals surface area contributed by atoms with Crippen LogP contribution in [0, 0.1) is 17.1 Å². The number of carbonyl (C=O) groups is 1. The number of rotatable bonds is 4. The van der Waals surface area contributed by atoms with Crippen LogP contribution in [-0.4, -0.2) is 12.9 Å². The van der Waals surface area contributed by atoms with Crippen LogP contribution < -0.4 is 4.74 Å². The van der Waals surface area contributed by atoms with Crippen molar-refractivity contribution in [1.29, 1.82) is 5.26 Å². The van der Waals surface area contributed by atoms with Crippen LogP contribution in [0.25, 0.3) is 0 Å². The zero-order valence-electron chi connectivity index (χ0n) is 11.1. The Kier molecular flexibility index (Phi) is 4.71. The summed E-state index contributed by atoms with van der Waals surface area (Å²) >= 11 is 3.31. The molecule has 0 saturated carbocycles. The maximum absolute atomic E-state index is 13.4. The molecule has 5 heteroatoms. The lowest BCUT2D eigenvalue weighted by Gasteiger charge is -2.10. The van der Waals surface area contributed by atoms with Gasteiger partial charge in [0.25, 0.3) is 0 Å². The van der Waals surface area contributed by atoms with Crippen LogP contribution in [0.3, 0.4) is 0 Å². The highest BCUT2D eigenvalue weighted by molar-refractivity contribution is 9.10. The minimum absolute atomic E-state index is 0.0215. The molecular formula is C16H11BrFNO2. The molecule has 106 valence electrons. The fraction of sp³-hybridized carbons (Fsp3) is 0.125. The first-order chi connectivity index (χ1) is 10.1. The summed E-state index contributed by atoms with van der Waals surface area (Å²) in [6.45, 7) is 0. The molecule has 0 aromatic heterocycles. The molecule has 0 bridgehead atoms. The molecule has 0 heterocycles. The molecule has 0 radical (unpaired) electrons. The third kappa shape index (κ3) is 3.29.